The number of aromatic nitrogens is 2. The van der Waals surface area contributed by atoms with Crippen molar-refractivity contribution in [3.8, 4) is 0 Å². The molecule has 1 aromatic heterocycles. The molecule has 0 aromatic carbocycles. The number of hydrogen-bond acceptors (Lipinski definition) is 4. The molecule has 13 heavy (non-hydrogen) atoms. The molecule has 2 N–H and O–H groups in total. The molecule has 0 fully saturated rings. The van der Waals surface area contributed by atoms with Crippen LogP contribution in [0.1, 0.15) is 44.9 Å². The molecule has 0 aliphatic rings. The van der Waals surface area contributed by atoms with Crippen molar-refractivity contribution in [2.24, 2.45) is 11.7 Å². The second-order valence-corrected chi connectivity index (χ2v) is 3.77. The number of aryl methyl sites for hydroxylation is 1. The van der Waals surface area contributed by atoms with E-state index in [0.29, 0.717) is 11.8 Å². The molecule has 0 spiro atoms. The van der Waals surface area contributed by atoms with Gasteiger partial charge in [0.1, 0.15) is 0 Å². The van der Waals surface area contributed by atoms with Crippen molar-refractivity contribution in [1.82, 2.24) is 10.1 Å². The highest BCUT2D eigenvalue weighted by molar-refractivity contribution is 4.90. The first-order valence-corrected chi connectivity index (χ1v) is 4.67. The monoisotopic (exact) mass is 183 g/mol. The Balaban J connectivity index is 2.49. The van der Waals surface area contributed by atoms with E-state index in [1.165, 1.54) is 0 Å². The zero-order chi connectivity index (χ0) is 9.84. The smallest absolute Gasteiger partial charge is 0.243 e. The van der Waals surface area contributed by atoms with Gasteiger partial charge >= 0.3 is 0 Å². The van der Waals surface area contributed by atoms with Crippen LogP contribution in [0.15, 0.2) is 4.52 Å². The maximum Gasteiger partial charge on any atom is 0.243 e. The maximum absolute atomic E-state index is 5.59. The molecule has 0 unspecified atom stereocenters. The second-order valence-electron chi connectivity index (χ2n) is 3.77. The van der Waals surface area contributed by atoms with E-state index in [1.807, 2.05) is 6.92 Å². The Morgan fingerprint density at radius 3 is 2.54 bits per heavy atom. The Morgan fingerprint density at radius 2 is 2.08 bits per heavy atom. The first-order valence-electron chi connectivity index (χ1n) is 4.67. The fourth-order valence-electron chi connectivity index (χ4n) is 0.972. The van der Waals surface area contributed by atoms with Gasteiger partial charge in [-0.3, -0.25) is 0 Å². The van der Waals surface area contributed by atoms with Crippen LogP contribution in [0.5, 0.6) is 0 Å². The molecule has 1 aromatic rings. The highest BCUT2D eigenvalue weighted by Gasteiger charge is 2.09. The van der Waals surface area contributed by atoms with Crippen LogP contribution < -0.4 is 5.73 Å². The van der Waals surface area contributed by atoms with Gasteiger partial charge in [0.2, 0.25) is 5.89 Å². The van der Waals surface area contributed by atoms with E-state index in [1.54, 1.807) is 0 Å². The third-order valence-corrected chi connectivity index (χ3v) is 1.82. The summed E-state index contributed by atoms with van der Waals surface area (Å²) in [4.78, 5) is 4.18. The van der Waals surface area contributed by atoms with Crippen molar-refractivity contribution >= 4 is 0 Å². The summed E-state index contributed by atoms with van der Waals surface area (Å²) in [5, 5.41) is 3.84. The van der Waals surface area contributed by atoms with Crippen LogP contribution in [0.3, 0.4) is 0 Å². The van der Waals surface area contributed by atoms with Gasteiger partial charge < -0.3 is 10.3 Å². The normalized spacial score (nSPS) is 13.6. The van der Waals surface area contributed by atoms with Gasteiger partial charge in [0.15, 0.2) is 5.82 Å². The van der Waals surface area contributed by atoms with Gasteiger partial charge in [-0.15, -0.1) is 0 Å². The third kappa shape index (κ3) is 3.14. The third-order valence-electron chi connectivity index (χ3n) is 1.82. The lowest BCUT2D eigenvalue weighted by Crippen LogP contribution is -2.05. The quantitative estimate of drug-likeness (QED) is 0.771. The molecule has 74 valence electrons. The highest BCUT2D eigenvalue weighted by atomic mass is 16.5. The van der Waals surface area contributed by atoms with Crippen LogP contribution in [-0.4, -0.2) is 10.1 Å². The zero-order valence-corrected chi connectivity index (χ0v) is 8.45. The summed E-state index contributed by atoms with van der Waals surface area (Å²) in [7, 11) is 0. The van der Waals surface area contributed by atoms with Gasteiger partial charge in [-0.2, -0.15) is 4.98 Å². The average Bonchev–Trinajstić information content (AvgIpc) is 2.48. The maximum atomic E-state index is 5.59. The van der Waals surface area contributed by atoms with Gasteiger partial charge in [-0.25, -0.2) is 0 Å². The summed E-state index contributed by atoms with van der Waals surface area (Å²) in [5.41, 5.74) is 5.59. The molecule has 0 aliphatic carbocycles. The highest BCUT2D eigenvalue weighted by Crippen LogP contribution is 2.09. The van der Waals surface area contributed by atoms with E-state index >= 15 is 0 Å². The van der Waals surface area contributed by atoms with E-state index in [0.717, 1.165) is 18.7 Å². The van der Waals surface area contributed by atoms with Crippen molar-refractivity contribution in [2.75, 3.05) is 0 Å². The van der Waals surface area contributed by atoms with Crippen LogP contribution in [0.2, 0.25) is 0 Å². The minimum absolute atomic E-state index is 0.166. The van der Waals surface area contributed by atoms with Crippen LogP contribution in [0.25, 0.3) is 0 Å². The summed E-state index contributed by atoms with van der Waals surface area (Å²) in [6.45, 7) is 6.18. The molecule has 1 heterocycles. The van der Waals surface area contributed by atoms with Gasteiger partial charge in [-0.1, -0.05) is 19.0 Å². The van der Waals surface area contributed by atoms with Crippen LogP contribution in [0.4, 0.5) is 0 Å². The van der Waals surface area contributed by atoms with Gasteiger partial charge in [0.05, 0.1) is 6.04 Å². The number of hydrogen-bond donors (Lipinski definition) is 1. The Labute approximate surface area is 78.5 Å². The van der Waals surface area contributed by atoms with Crippen molar-refractivity contribution in [2.45, 2.75) is 39.7 Å². The Kier molecular flexibility index (Phi) is 3.42. The predicted octanol–water partition coefficient (Wildman–Crippen LogP) is 1.68. The van der Waals surface area contributed by atoms with Crippen molar-refractivity contribution < 1.29 is 4.52 Å². The Bertz CT molecular complexity index is 255. The Morgan fingerprint density at radius 1 is 1.38 bits per heavy atom. The molecular weight excluding hydrogens is 166 g/mol. The van der Waals surface area contributed by atoms with E-state index in [2.05, 4.69) is 24.0 Å². The Hall–Kier alpha value is -0.900. The summed E-state index contributed by atoms with van der Waals surface area (Å²) in [6, 6.07) is -0.166. The molecule has 1 atom stereocenters. The molecule has 0 radical (unpaired) electrons. The molecule has 0 saturated carbocycles. The standard InChI is InChI=1S/C9H17N3O/c1-6(2)4-5-8-11-9(7(3)10)13-12-8/h6-7H,4-5,10H2,1-3H3/t7-/m0/s1. The fraction of sp³-hybridized carbons (Fsp3) is 0.778. The molecule has 0 bridgehead atoms. The first-order chi connectivity index (χ1) is 6.09. The van der Waals surface area contributed by atoms with Gasteiger partial charge in [0, 0.05) is 6.42 Å². The molecule has 0 aliphatic heterocycles. The molecule has 0 saturated heterocycles. The minimum atomic E-state index is -0.166. The van der Waals surface area contributed by atoms with Crippen molar-refractivity contribution in [3.05, 3.63) is 11.7 Å². The summed E-state index contributed by atoms with van der Waals surface area (Å²) < 4.78 is 4.97. The summed E-state index contributed by atoms with van der Waals surface area (Å²) in [5.74, 6) is 1.96. The molecule has 4 heteroatoms. The van der Waals surface area contributed by atoms with Crippen LogP contribution in [0, 0.1) is 5.92 Å². The molecule has 1 rings (SSSR count). The van der Waals surface area contributed by atoms with E-state index in [9.17, 15) is 0 Å². The SMILES string of the molecule is CC(C)CCc1noc([C@H](C)N)n1. The van der Waals surface area contributed by atoms with Crippen LogP contribution >= 0.6 is 0 Å². The second kappa shape index (κ2) is 4.37. The van der Waals surface area contributed by atoms with E-state index in [4.69, 9.17) is 10.3 Å². The molecule has 4 nitrogen and oxygen atoms in total. The lowest BCUT2D eigenvalue weighted by atomic mass is 10.1. The van der Waals surface area contributed by atoms with Crippen molar-refractivity contribution in [1.29, 1.82) is 0 Å². The fourth-order valence-corrected chi connectivity index (χ4v) is 0.972. The number of nitrogens with two attached hydrogens (primary N) is 1. The van der Waals surface area contributed by atoms with E-state index in [-0.39, 0.29) is 6.04 Å². The summed E-state index contributed by atoms with van der Waals surface area (Å²) in [6.07, 6.45) is 1.95. The molecule has 0 amide bonds. The predicted molar refractivity (Wildman–Crippen MR) is 50.1 cm³/mol. The lowest BCUT2D eigenvalue weighted by molar-refractivity contribution is 0.356. The topological polar surface area (TPSA) is 64.9 Å². The first kappa shape index (κ1) is 10.2. The summed E-state index contributed by atoms with van der Waals surface area (Å²) >= 11 is 0. The van der Waals surface area contributed by atoms with Crippen LogP contribution in [-0.2, 0) is 6.42 Å². The van der Waals surface area contributed by atoms with Gasteiger partial charge in [0.25, 0.3) is 0 Å². The lowest BCUT2D eigenvalue weighted by Gasteiger charge is -1.98. The zero-order valence-electron chi connectivity index (χ0n) is 8.45. The molecular formula is C9H17N3O. The average molecular weight is 183 g/mol. The van der Waals surface area contributed by atoms with E-state index < -0.39 is 0 Å². The van der Waals surface area contributed by atoms with Gasteiger partial charge in [-0.05, 0) is 19.3 Å². The minimum Gasteiger partial charge on any atom is -0.338 e. The number of rotatable bonds is 4. The van der Waals surface area contributed by atoms with Crippen molar-refractivity contribution in [3.63, 3.8) is 0 Å². The number of nitrogens with zero attached hydrogens (tertiary/aromatic N) is 2. The largest absolute Gasteiger partial charge is 0.338 e.